The maximum Gasteiger partial charge on any atom is 0.332 e. The summed E-state index contributed by atoms with van der Waals surface area (Å²) in [7, 11) is -1.50. The molecule has 4 heteroatoms. The van der Waals surface area contributed by atoms with E-state index in [2.05, 4.69) is 5.92 Å². The predicted octanol–water partition coefficient (Wildman–Crippen LogP) is 1.88. The monoisotopic (exact) mass is 188 g/mol. The zero-order chi connectivity index (χ0) is 9.41. The molecule has 0 aromatic heterocycles. The highest BCUT2D eigenvalue weighted by Gasteiger charge is 2.48. The van der Waals surface area contributed by atoms with Crippen LogP contribution in [-0.4, -0.2) is 18.9 Å². The summed E-state index contributed by atoms with van der Waals surface area (Å²) in [6, 6.07) is 0. The first-order valence-electron chi connectivity index (χ1n) is 3.79. The van der Waals surface area contributed by atoms with Crippen molar-refractivity contribution in [3.8, 4) is 12.3 Å². The van der Waals surface area contributed by atoms with Gasteiger partial charge in [0.25, 0.3) is 0 Å². The molecule has 1 aliphatic rings. The summed E-state index contributed by atoms with van der Waals surface area (Å²) in [5, 5.41) is 0. The summed E-state index contributed by atoms with van der Waals surface area (Å²) < 4.78 is 21.7. The van der Waals surface area contributed by atoms with Crippen molar-refractivity contribution in [1.82, 2.24) is 0 Å². The molecule has 0 amide bonds. The van der Waals surface area contributed by atoms with Crippen LogP contribution < -0.4 is 0 Å². The minimum atomic E-state index is -2.89. The minimum Gasteiger partial charge on any atom is -0.312 e. The highest BCUT2D eigenvalue weighted by Crippen LogP contribution is 2.60. The fourth-order valence-electron chi connectivity index (χ4n) is 1.21. The smallest absolute Gasteiger partial charge is 0.312 e. The molecule has 1 aliphatic heterocycles. The van der Waals surface area contributed by atoms with Gasteiger partial charge in [0.2, 0.25) is 0 Å². The minimum absolute atomic E-state index is 0.0771. The average molecular weight is 188 g/mol. The van der Waals surface area contributed by atoms with Crippen molar-refractivity contribution in [2.24, 2.45) is 5.92 Å². The van der Waals surface area contributed by atoms with Gasteiger partial charge in [-0.1, -0.05) is 12.8 Å². The standard InChI is InChI=1S/C8H13O3P/c1-5-8(3)7(2)6-12(9,10-4)11-8/h1,7H,6H2,2-4H3. The maximum absolute atomic E-state index is 11.6. The van der Waals surface area contributed by atoms with Crippen LogP contribution in [0.4, 0.5) is 0 Å². The third-order valence-corrected chi connectivity index (χ3v) is 4.54. The van der Waals surface area contributed by atoms with E-state index in [1.165, 1.54) is 7.11 Å². The van der Waals surface area contributed by atoms with Gasteiger partial charge >= 0.3 is 7.60 Å². The van der Waals surface area contributed by atoms with Crippen LogP contribution in [0, 0.1) is 18.3 Å². The van der Waals surface area contributed by atoms with Crippen molar-refractivity contribution in [1.29, 1.82) is 0 Å². The summed E-state index contributed by atoms with van der Waals surface area (Å²) in [6.45, 7) is 3.68. The molecular formula is C8H13O3P. The molecule has 3 unspecified atom stereocenters. The van der Waals surface area contributed by atoms with Crippen molar-refractivity contribution in [2.75, 3.05) is 13.3 Å². The Kier molecular flexibility index (Phi) is 2.35. The Hall–Kier alpha value is -0.290. The Morgan fingerprint density at radius 2 is 2.42 bits per heavy atom. The summed E-state index contributed by atoms with van der Waals surface area (Å²) in [4.78, 5) is 0. The fraction of sp³-hybridized carbons (Fsp3) is 0.750. The SMILES string of the molecule is C#CC1(C)OP(=O)(OC)CC1C. The topological polar surface area (TPSA) is 35.5 Å². The van der Waals surface area contributed by atoms with Gasteiger partial charge in [-0.25, -0.2) is 0 Å². The predicted molar refractivity (Wildman–Crippen MR) is 47.0 cm³/mol. The van der Waals surface area contributed by atoms with E-state index in [9.17, 15) is 4.57 Å². The number of hydrogen-bond acceptors (Lipinski definition) is 3. The van der Waals surface area contributed by atoms with E-state index >= 15 is 0 Å². The molecular weight excluding hydrogens is 175 g/mol. The molecule has 0 N–H and O–H groups in total. The van der Waals surface area contributed by atoms with Gasteiger partial charge in [0.15, 0.2) is 0 Å². The normalized spacial score (nSPS) is 47.3. The molecule has 12 heavy (non-hydrogen) atoms. The maximum atomic E-state index is 11.6. The molecule has 0 aliphatic carbocycles. The van der Waals surface area contributed by atoms with Crippen molar-refractivity contribution in [3.05, 3.63) is 0 Å². The fourth-order valence-corrected chi connectivity index (χ4v) is 3.33. The Bertz CT molecular complexity index is 268. The molecule has 3 nitrogen and oxygen atoms in total. The number of rotatable bonds is 1. The van der Waals surface area contributed by atoms with Crippen molar-refractivity contribution in [3.63, 3.8) is 0 Å². The van der Waals surface area contributed by atoms with Gasteiger partial charge in [-0.3, -0.25) is 9.09 Å². The van der Waals surface area contributed by atoms with Gasteiger partial charge < -0.3 is 4.52 Å². The second-order valence-electron chi connectivity index (χ2n) is 3.22. The van der Waals surface area contributed by atoms with Gasteiger partial charge in [-0.2, -0.15) is 0 Å². The lowest BCUT2D eigenvalue weighted by Gasteiger charge is -2.20. The molecule has 1 heterocycles. The Morgan fingerprint density at radius 3 is 2.67 bits per heavy atom. The van der Waals surface area contributed by atoms with Crippen molar-refractivity contribution in [2.45, 2.75) is 19.4 Å². The van der Waals surface area contributed by atoms with Crippen LogP contribution in [0.5, 0.6) is 0 Å². The van der Waals surface area contributed by atoms with Crippen LogP contribution in [0.1, 0.15) is 13.8 Å². The van der Waals surface area contributed by atoms with Crippen LogP contribution in [0.3, 0.4) is 0 Å². The van der Waals surface area contributed by atoms with Crippen LogP contribution >= 0.6 is 7.60 Å². The molecule has 68 valence electrons. The van der Waals surface area contributed by atoms with E-state index in [0.29, 0.717) is 6.16 Å². The highest BCUT2D eigenvalue weighted by molar-refractivity contribution is 7.54. The number of hydrogen-bond donors (Lipinski definition) is 0. The summed E-state index contributed by atoms with van der Waals surface area (Å²) in [5.74, 6) is 2.58. The quantitative estimate of drug-likeness (QED) is 0.465. The molecule has 0 radical (unpaired) electrons. The van der Waals surface area contributed by atoms with Crippen LogP contribution in [0.25, 0.3) is 0 Å². The molecule has 1 rings (SSSR count). The lowest BCUT2D eigenvalue weighted by molar-refractivity contribution is 0.120. The lowest BCUT2D eigenvalue weighted by atomic mass is 9.94. The third-order valence-electron chi connectivity index (χ3n) is 2.33. The van der Waals surface area contributed by atoms with E-state index in [0.717, 1.165) is 0 Å². The molecule has 0 aromatic carbocycles. The van der Waals surface area contributed by atoms with Gasteiger partial charge in [0, 0.05) is 13.0 Å². The van der Waals surface area contributed by atoms with Crippen LogP contribution in [0.2, 0.25) is 0 Å². The Morgan fingerprint density at radius 1 is 1.83 bits per heavy atom. The second kappa shape index (κ2) is 2.88. The van der Waals surface area contributed by atoms with Gasteiger partial charge in [0.1, 0.15) is 5.60 Å². The first-order chi connectivity index (χ1) is 5.46. The second-order valence-corrected chi connectivity index (χ2v) is 5.35. The van der Waals surface area contributed by atoms with Gasteiger partial charge in [-0.05, 0) is 6.92 Å². The zero-order valence-electron chi connectivity index (χ0n) is 7.53. The van der Waals surface area contributed by atoms with E-state index < -0.39 is 13.2 Å². The molecule has 1 saturated heterocycles. The van der Waals surface area contributed by atoms with Crippen molar-refractivity contribution < 1.29 is 13.6 Å². The zero-order valence-corrected chi connectivity index (χ0v) is 8.43. The van der Waals surface area contributed by atoms with E-state index in [1.54, 1.807) is 6.92 Å². The van der Waals surface area contributed by atoms with Crippen LogP contribution in [0.15, 0.2) is 0 Å². The Balaban J connectivity index is 2.91. The van der Waals surface area contributed by atoms with E-state index in [1.807, 2.05) is 6.92 Å². The van der Waals surface area contributed by atoms with Gasteiger partial charge in [0.05, 0.1) is 6.16 Å². The third kappa shape index (κ3) is 1.43. The molecule has 3 atom stereocenters. The van der Waals surface area contributed by atoms with E-state index in [-0.39, 0.29) is 5.92 Å². The van der Waals surface area contributed by atoms with Crippen molar-refractivity contribution >= 4 is 7.60 Å². The average Bonchev–Trinajstić information content (AvgIpc) is 2.25. The first kappa shape index (κ1) is 9.80. The van der Waals surface area contributed by atoms with Crippen LogP contribution in [-0.2, 0) is 13.6 Å². The molecule has 0 saturated carbocycles. The van der Waals surface area contributed by atoms with E-state index in [4.69, 9.17) is 15.5 Å². The molecule has 1 fully saturated rings. The molecule has 0 spiro atoms. The van der Waals surface area contributed by atoms with Gasteiger partial charge in [-0.15, -0.1) is 6.42 Å². The summed E-state index contributed by atoms with van der Waals surface area (Å²) >= 11 is 0. The molecule has 0 bridgehead atoms. The lowest BCUT2D eigenvalue weighted by Crippen LogP contribution is -2.27. The number of terminal acetylenes is 1. The highest BCUT2D eigenvalue weighted by atomic mass is 31.2. The molecule has 0 aromatic rings. The Labute approximate surface area is 73.0 Å². The largest absolute Gasteiger partial charge is 0.332 e. The summed E-state index contributed by atoms with van der Waals surface area (Å²) in [6.07, 6.45) is 5.69. The first-order valence-corrected chi connectivity index (χ1v) is 5.52. The summed E-state index contributed by atoms with van der Waals surface area (Å²) in [5.41, 5.74) is -0.731.